The van der Waals surface area contributed by atoms with Crippen molar-refractivity contribution in [3.63, 3.8) is 0 Å². The Balaban J connectivity index is 2.28. The topological polar surface area (TPSA) is 42.0 Å². The van der Waals surface area contributed by atoms with Gasteiger partial charge in [0, 0.05) is 0 Å². The maximum Gasteiger partial charge on any atom is 0.194 e. The Labute approximate surface area is 219 Å². The largest absolute Gasteiger partial charge is 0.400 e. The predicted molar refractivity (Wildman–Crippen MR) is 153 cm³/mol. The molecule has 0 unspecified atom stereocenters. The molecule has 0 bridgehead atoms. The highest BCUT2D eigenvalue weighted by Crippen LogP contribution is 2.37. The van der Waals surface area contributed by atoms with Crippen molar-refractivity contribution in [3.05, 3.63) is 12.2 Å². The van der Waals surface area contributed by atoms with E-state index >= 15 is 0 Å². The molecule has 1 rings (SSSR count). The molecule has 1 heterocycles. The zero-order valence-electron chi connectivity index (χ0n) is 23.8. The molecular formula is C31H54O3Si. The van der Waals surface area contributed by atoms with Crippen molar-refractivity contribution in [2.45, 2.75) is 154 Å². The molecule has 0 radical (unpaired) electrons. The number of aliphatic hydroxyl groups excluding tert-OH is 1. The van der Waals surface area contributed by atoms with Crippen LogP contribution >= 0.6 is 0 Å². The Morgan fingerprint density at radius 2 is 1.43 bits per heavy atom. The van der Waals surface area contributed by atoms with E-state index in [0.717, 1.165) is 6.42 Å². The van der Waals surface area contributed by atoms with E-state index in [0.29, 0.717) is 0 Å². The lowest BCUT2D eigenvalue weighted by Gasteiger charge is -2.37. The van der Waals surface area contributed by atoms with Crippen LogP contribution in [-0.4, -0.2) is 38.3 Å². The minimum absolute atomic E-state index is 0.0197. The van der Waals surface area contributed by atoms with Crippen LogP contribution in [0, 0.1) is 23.7 Å². The fraction of sp³-hybridized carbons (Fsp3) is 0.806. The molecule has 1 N–H and O–H groups in total. The summed E-state index contributed by atoms with van der Waals surface area (Å²) in [6.07, 6.45) is 22.9. The lowest BCUT2D eigenvalue weighted by Crippen LogP contribution is -2.43. The van der Waals surface area contributed by atoms with Gasteiger partial charge in [0.05, 0.1) is 6.61 Å². The van der Waals surface area contributed by atoms with Crippen LogP contribution < -0.4 is 0 Å². The molecule has 4 heteroatoms. The molecule has 3 atom stereocenters. The van der Waals surface area contributed by atoms with Gasteiger partial charge in [-0.15, -0.1) is 0 Å². The van der Waals surface area contributed by atoms with E-state index < -0.39 is 8.32 Å². The van der Waals surface area contributed by atoms with E-state index in [9.17, 15) is 0 Å². The normalized spacial score (nSPS) is 18.6. The quantitative estimate of drug-likeness (QED) is 0.0675. The van der Waals surface area contributed by atoms with Gasteiger partial charge in [0.1, 0.15) is 18.3 Å². The number of hydrogen-bond acceptors (Lipinski definition) is 3. The smallest absolute Gasteiger partial charge is 0.194 e. The molecule has 3 nitrogen and oxygen atoms in total. The lowest BCUT2D eigenvalue weighted by atomic mass is 10.0. The third-order valence-electron chi connectivity index (χ3n) is 7.27. The number of hydrogen-bond donors (Lipinski definition) is 1. The van der Waals surface area contributed by atoms with Crippen LogP contribution in [0.15, 0.2) is 12.2 Å². The van der Waals surface area contributed by atoms with E-state index in [-0.39, 0.29) is 30.0 Å². The molecule has 1 saturated heterocycles. The Bertz CT molecular complexity index is 699. The average molecular weight is 503 g/mol. The molecule has 35 heavy (non-hydrogen) atoms. The number of unbranched alkanes of at least 4 members (excludes halogenated alkanes) is 13. The van der Waals surface area contributed by atoms with Crippen molar-refractivity contribution in [3.8, 4) is 23.7 Å². The van der Waals surface area contributed by atoms with Crippen molar-refractivity contribution in [1.82, 2.24) is 0 Å². The highest BCUT2D eigenvalue weighted by atomic mass is 28.4. The number of ether oxygens (including phenoxy) is 1. The molecule has 0 saturated carbocycles. The molecule has 0 aromatic carbocycles. The number of aliphatic hydroxyl groups is 1. The predicted octanol–water partition coefficient (Wildman–Crippen LogP) is 8.18. The second-order valence-corrected chi connectivity index (χ2v) is 16.3. The van der Waals surface area contributed by atoms with E-state index in [1.165, 1.54) is 83.5 Å². The Morgan fingerprint density at radius 3 is 1.91 bits per heavy atom. The van der Waals surface area contributed by atoms with Gasteiger partial charge in [-0.2, -0.15) is 0 Å². The van der Waals surface area contributed by atoms with Crippen LogP contribution in [0.4, 0.5) is 0 Å². The Kier molecular flexibility index (Phi) is 16.7. The second kappa shape index (κ2) is 18.2. The summed E-state index contributed by atoms with van der Waals surface area (Å²) in [5.41, 5.74) is 0. The van der Waals surface area contributed by atoms with E-state index in [4.69, 9.17) is 14.3 Å². The molecule has 0 aliphatic carbocycles. The fourth-order valence-electron chi connectivity index (χ4n) is 3.73. The molecule has 0 aromatic heterocycles. The van der Waals surface area contributed by atoms with E-state index in [2.05, 4.69) is 76.6 Å². The third-order valence-corrected chi connectivity index (χ3v) is 11.7. The van der Waals surface area contributed by atoms with Crippen molar-refractivity contribution < 1.29 is 14.3 Å². The molecule has 1 aliphatic heterocycles. The second-order valence-electron chi connectivity index (χ2n) is 11.6. The standard InChI is InChI=1S/C31H54O3Si/c1-7-8-9-10-11-12-13-14-15-16-17-18-19-20-21-24-28(34-35(5,6)31(2,3)4)25-22-23-26-29-30(27-32)33-29/h21,24,28-30,32H,7-20,27H2,1-6H3/b24-21-/t28-,29-,30-/m0/s1. The number of rotatable bonds is 18. The molecular weight excluding hydrogens is 448 g/mol. The number of epoxide rings is 1. The number of allylic oxidation sites excluding steroid dienone is 1. The van der Waals surface area contributed by atoms with Gasteiger partial charge in [-0.1, -0.05) is 123 Å². The van der Waals surface area contributed by atoms with Crippen molar-refractivity contribution in [2.24, 2.45) is 0 Å². The summed E-state index contributed by atoms with van der Waals surface area (Å²) in [5.74, 6) is 12.0. The molecule has 0 spiro atoms. The minimum atomic E-state index is -1.92. The van der Waals surface area contributed by atoms with Gasteiger partial charge < -0.3 is 14.3 Å². The highest BCUT2D eigenvalue weighted by Gasteiger charge is 2.38. The van der Waals surface area contributed by atoms with Crippen molar-refractivity contribution in [1.29, 1.82) is 0 Å². The first kappa shape index (κ1) is 32.0. The first-order chi connectivity index (χ1) is 16.7. The van der Waals surface area contributed by atoms with Gasteiger partial charge in [-0.3, -0.25) is 0 Å². The zero-order valence-corrected chi connectivity index (χ0v) is 24.8. The maximum absolute atomic E-state index is 9.03. The average Bonchev–Trinajstić information content (AvgIpc) is 3.56. The van der Waals surface area contributed by atoms with Crippen LogP contribution in [-0.2, 0) is 9.16 Å². The summed E-state index contributed by atoms with van der Waals surface area (Å²) >= 11 is 0. The van der Waals surface area contributed by atoms with Crippen LogP contribution in [0.25, 0.3) is 0 Å². The van der Waals surface area contributed by atoms with Gasteiger partial charge in [0.2, 0.25) is 0 Å². The lowest BCUT2D eigenvalue weighted by molar-refractivity contribution is 0.243. The van der Waals surface area contributed by atoms with Gasteiger partial charge in [0.25, 0.3) is 0 Å². The maximum atomic E-state index is 9.03. The first-order valence-electron chi connectivity index (χ1n) is 14.3. The highest BCUT2D eigenvalue weighted by molar-refractivity contribution is 6.74. The van der Waals surface area contributed by atoms with Gasteiger partial charge in [0.15, 0.2) is 8.32 Å². The van der Waals surface area contributed by atoms with Gasteiger partial charge >= 0.3 is 0 Å². The third kappa shape index (κ3) is 15.6. The van der Waals surface area contributed by atoms with Crippen molar-refractivity contribution >= 4 is 8.32 Å². The summed E-state index contributed by atoms with van der Waals surface area (Å²) in [6.45, 7) is 13.6. The first-order valence-corrected chi connectivity index (χ1v) is 17.2. The molecule has 1 aliphatic rings. The summed E-state index contributed by atoms with van der Waals surface area (Å²) < 4.78 is 11.8. The summed E-state index contributed by atoms with van der Waals surface area (Å²) in [5, 5.41) is 9.17. The van der Waals surface area contributed by atoms with E-state index in [1.807, 2.05) is 0 Å². The van der Waals surface area contributed by atoms with Crippen LogP contribution in [0.2, 0.25) is 18.1 Å². The summed E-state index contributed by atoms with van der Waals surface area (Å²) in [4.78, 5) is 0. The molecule has 1 fully saturated rings. The molecule has 0 aromatic rings. The van der Waals surface area contributed by atoms with Crippen LogP contribution in [0.3, 0.4) is 0 Å². The summed E-state index contributed by atoms with van der Waals surface area (Å²) in [7, 11) is -1.92. The molecule has 200 valence electrons. The minimum Gasteiger partial charge on any atom is -0.400 e. The van der Waals surface area contributed by atoms with E-state index in [1.54, 1.807) is 0 Å². The Hall–Kier alpha value is -1.04. The summed E-state index contributed by atoms with van der Waals surface area (Å²) in [6, 6.07) is 0. The monoisotopic (exact) mass is 502 g/mol. The zero-order chi connectivity index (χ0) is 26.0. The van der Waals surface area contributed by atoms with Gasteiger partial charge in [-0.05, 0) is 48.9 Å². The van der Waals surface area contributed by atoms with Crippen LogP contribution in [0.1, 0.15) is 118 Å². The van der Waals surface area contributed by atoms with Crippen molar-refractivity contribution in [2.75, 3.05) is 6.61 Å². The van der Waals surface area contributed by atoms with Crippen LogP contribution in [0.5, 0.6) is 0 Å². The van der Waals surface area contributed by atoms with Gasteiger partial charge in [-0.25, -0.2) is 0 Å². The molecule has 0 amide bonds. The SMILES string of the molecule is CCCCCCCCCCCCCCC/C=C\[C@@H](C#CC#C[C@@H]1O[C@H]1CO)O[Si](C)(C)C(C)(C)C. The Morgan fingerprint density at radius 1 is 0.886 bits per heavy atom. The fourth-order valence-corrected chi connectivity index (χ4v) is 4.86.